The molecule has 0 radical (unpaired) electrons. The molecule has 3 N–H and O–H groups in total. The molecule has 0 spiro atoms. The fourth-order valence-electron chi connectivity index (χ4n) is 7.61. The van der Waals surface area contributed by atoms with Crippen LogP contribution in [0.1, 0.15) is 57.3 Å². The van der Waals surface area contributed by atoms with Gasteiger partial charge in [0, 0.05) is 43.0 Å². The van der Waals surface area contributed by atoms with Crippen LogP contribution in [0.4, 0.5) is 5.69 Å². The highest BCUT2D eigenvalue weighted by Gasteiger charge is 2.38. The van der Waals surface area contributed by atoms with Crippen LogP contribution in [-0.2, 0) is 4.74 Å². The van der Waals surface area contributed by atoms with E-state index in [1.807, 2.05) is 34.9 Å². The molecule has 0 atom stereocenters. The van der Waals surface area contributed by atoms with Crippen molar-refractivity contribution in [3.05, 3.63) is 70.5 Å². The van der Waals surface area contributed by atoms with Gasteiger partial charge in [-0.15, -0.1) is 0 Å². The molecule has 3 aromatic carbocycles. The lowest BCUT2D eigenvalue weighted by molar-refractivity contribution is 0.0378. The molecule has 9 heteroatoms. The van der Waals surface area contributed by atoms with Crippen molar-refractivity contribution in [2.24, 2.45) is 0 Å². The molecule has 45 heavy (non-hydrogen) atoms. The Morgan fingerprint density at radius 1 is 1.00 bits per heavy atom. The van der Waals surface area contributed by atoms with Crippen molar-refractivity contribution in [3.8, 4) is 17.2 Å². The second-order valence-corrected chi connectivity index (χ2v) is 14.1. The number of nitrogens with one attached hydrogen (secondary N) is 3. The van der Waals surface area contributed by atoms with E-state index in [1.54, 1.807) is 6.20 Å². The highest BCUT2D eigenvalue weighted by Crippen LogP contribution is 2.45. The van der Waals surface area contributed by atoms with Crippen molar-refractivity contribution in [3.63, 3.8) is 0 Å². The lowest BCUT2D eigenvalue weighted by Crippen LogP contribution is -2.62. The minimum Gasteiger partial charge on any atom is -0.451 e. The first-order valence-electron chi connectivity index (χ1n) is 16.1. The summed E-state index contributed by atoms with van der Waals surface area (Å²) in [5, 5.41) is 13.0. The lowest BCUT2D eigenvalue weighted by Gasteiger charge is -2.46. The molecule has 2 fully saturated rings. The molecule has 1 amide bonds. The summed E-state index contributed by atoms with van der Waals surface area (Å²) in [7, 11) is 0. The van der Waals surface area contributed by atoms with Crippen LogP contribution in [0.15, 0.2) is 59.5 Å². The van der Waals surface area contributed by atoms with Crippen LogP contribution in [-0.4, -0.2) is 71.9 Å². The van der Waals surface area contributed by atoms with E-state index in [9.17, 15) is 9.59 Å². The Morgan fingerprint density at radius 3 is 2.44 bits per heavy atom. The van der Waals surface area contributed by atoms with E-state index in [0.29, 0.717) is 22.4 Å². The van der Waals surface area contributed by atoms with E-state index in [1.165, 1.54) is 0 Å². The van der Waals surface area contributed by atoms with Crippen LogP contribution in [0.5, 0.6) is 11.5 Å². The number of hydrogen-bond acceptors (Lipinski definition) is 7. The van der Waals surface area contributed by atoms with Gasteiger partial charge < -0.3 is 30.0 Å². The molecular weight excluding hydrogens is 566 g/mol. The van der Waals surface area contributed by atoms with Crippen molar-refractivity contribution in [1.82, 2.24) is 20.1 Å². The zero-order chi connectivity index (χ0) is 31.3. The lowest BCUT2D eigenvalue weighted by atomic mass is 9.79. The Kier molecular flexibility index (Phi) is 7.58. The molecule has 0 aliphatic carbocycles. The summed E-state index contributed by atoms with van der Waals surface area (Å²) >= 11 is 0. The van der Waals surface area contributed by atoms with Gasteiger partial charge in [0.05, 0.1) is 30.0 Å². The molecule has 4 aromatic rings. The Labute approximate surface area is 263 Å². The standard InChI is InChI=1S/C36H43N5O4/c1-35(2)20-25(21-36(3,4)39-35)38-34(43)27-22-41-29-18-23-8-5-6-9-24(23)19-30(29)45-33-28(11-10-26(31(33)41)32(27)42)37-12-7-13-40-14-16-44-17-15-40/h5-6,8-11,18-19,22,25,37,39H,7,12-17,20-21H2,1-4H3,(H,38,43). The van der Waals surface area contributed by atoms with Crippen molar-refractivity contribution in [1.29, 1.82) is 0 Å². The van der Waals surface area contributed by atoms with E-state index < -0.39 is 0 Å². The number of carbonyl (C=O) groups is 1. The number of aromatic nitrogens is 1. The third-order valence-corrected chi connectivity index (χ3v) is 9.26. The largest absolute Gasteiger partial charge is 0.451 e. The normalized spacial score (nSPS) is 19.2. The van der Waals surface area contributed by atoms with Gasteiger partial charge in [0.2, 0.25) is 5.43 Å². The molecule has 9 nitrogen and oxygen atoms in total. The predicted octanol–water partition coefficient (Wildman–Crippen LogP) is 5.42. The number of fused-ring (bicyclic) bond motifs is 3. The average molecular weight is 610 g/mol. The second-order valence-electron chi connectivity index (χ2n) is 14.1. The number of ether oxygens (including phenoxy) is 2. The Hall–Kier alpha value is -3.92. The average Bonchev–Trinajstić information content (AvgIpc) is 2.99. The molecule has 7 rings (SSSR count). The van der Waals surface area contributed by atoms with E-state index in [-0.39, 0.29) is 34.0 Å². The van der Waals surface area contributed by atoms with Crippen LogP contribution in [0.3, 0.4) is 0 Å². The van der Waals surface area contributed by atoms with E-state index in [2.05, 4.69) is 66.7 Å². The SMILES string of the molecule is CC1(C)CC(NC(=O)c2cn3c4c(c(NCCCN5CCOCC5)ccc4c2=O)Oc2cc4ccccc4cc2-3)CC(C)(C)N1. The molecular formula is C36H43N5O4. The minimum atomic E-state index is -0.343. The number of pyridine rings is 1. The number of morpholine rings is 1. The molecule has 1 aromatic heterocycles. The van der Waals surface area contributed by atoms with Gasteiger partial charge >= 0.3 is 0 Å². The summed E-state index contributed by atoms with van der Waals surface area (Å²) in [5.41, 5.74) is 1.86. The highest BCUT2D eigenvalue weighted by atomic mass is 16.5. The van der Waals surface area contributed by atoms with Gasteiger partial charge in [0.25, 0.3) is 5.91 Å². The number of carbonyl (C=O) groups excluding carboxylic acids is 1. The molecule has 236 valence electrons. The predicted molar refractivity (Wildman–Crippen MR) is 179 cm³/mol. The molecule has 0 unspecified atom stereocenters. The van der Waals surface area contributed by atoms with Gasteiger partial charge in [0.15, 0.2) is 11.5 Å². The fraction of sp³-hybridized carbons (Fsp3) is 0.444. The Balaban J connectivity index is 1.26. The molecule has 4 heterocycles. The maximum absolute atomic E-state index is 14.0. The third kappa shape index (κ3) is 5.92. The number of amides is 1. The summed E-state index contributed by atoms with van der Waals surface area (Å²) < 4.78 is 14.1. The number of hydrogen-bond donors (Lipinski definition) is 3. The van der Waals surface area contributed by atoms with Crippen LogP contribution in [0.2, 0.25) is 0 Å². The number of nitrogens with zero attached hydrogens (tertiary/aromatic N) is 2. The Morgan fingerprint density at radius 2 is 1.71 bits per heavy atom. The number of benzene rings is 3. The quantitative estimate of drug-likeness (QED) is 0.212. The van der Waals surface area contributed by atoms with Crippen molar-refractivity contribution < 1.29 is 14.3 Å². The van der Waals surface area contributed by atoms with Gasteiger partial charge in [-0.05, 0) is 88.5 Å². The summed E-state index contributed by atoms with van der Waals surface area (Å²) in [6.45, 7) is 13.9. The minimum absolute atomic E-state index is 0.0561. The summed E-state index contributed by atoms with van der Waals surface area (Å²) in [6, 6.07) is 15.9. The highest BCUT2D eigenvalue weighted by molar-refractivity contribution is 6.02. The third-order valence-electron chi connectivity index (χ3n) is 9.26. The van der Waals surface area contributed by atoms with E-state index >= 15 is 0 Å². The molecule has 0 bridgehead atoms. The van der Waals surface area contributed by atoms with E-state index in [0.717, 1.165) is 80.8 Å². The van der Waals surface area contributed by atoms with Crippen LogP contribution >= 0.6 is 0 Å². The first kappa shape index (κ1) is 29.8. The molecule has 3 aliphatic heterocycles. The maximum Gasteiger partial charge on any atom is 0.257 e. The maximum atomic E-state index is 14.0. The smallest absolute Gasteiger partial charge is 0.257 e. The summed E-state index contributed by atoms with van der Waals surface area (Å²) in [4.78, 5) is 30.3. The summed E-state index contributed by atoms with van der Waals surface area (Å²) in [5.74, 6) is 0.944. The van der Waals surface area contributed by atoms with Crippen LogP contribution < -0.4 is 26.1 Å². The zero-order valence-electron chi connectivity index (χ0n) is 26.7. The van der Waals surface area contributed by atoms with Gasteiger partial charge in [-0.25, -0.2) is 0 Å². The Bertz CT molecular complexity index is 1820. The second kappa shape index (κ2) is 11.5. The van der Waals surface area contributed by atoms with E-state index in [4.69, 9.17) is 9.47 Å². The summed E-state index contributed by atoms with van der Waals surface area (Å²) in [6.07, 6.45) is 4.22. The fourth-order valence-corrected chi connectivity index (χ4v) is 7.61. The van der Waals surface area contributed by atoms with Gasteiger partial charge in [-0.1, -0.05) is 24.3 Å². The molecule has 0 saturated carbocycles. The van der Waals surface area contributed by atoms with Crippen LogP contribution in [0, 0.1) is 0 Å². The van der Waals surface area contributed by atoms with Gasteiger partial charge in [-0.3, -0.25) is 14.5 Å². The zero-order valence-corrected chi connectivity index (χ0v) is 26.7. The number of piperidine rings is 1. The van der Waals surface area contributed by atoms with Crippen molar-refractivity contribution in [2.45, 2.75) is 64.1 Å². The first-order valence-corrected chi connectivity index (χ1v) is 16.1. The van der Waals surface area contributed by atoms with Crippen molar-refractivity contribution in [2.75, 3.05) is 44.7 Å². The number of rotatable bonds is 7. The first-order chi connectivity index (χ1) is 21.6. The van der Waals surface area contributed by atoms with Gasteiger partial charge in [-0.2, -0.15) is 0 Å². The number of anilines is 1. The topological polar surface area (TPSA) is 96.9 Å². The van der Waals surface area contributed by atoms with Crippen molar-refractivity contribution >= 4 is 33.3 Å². The monoisotopic (exact) mass is 609 g/mol. The van der Waals surface area contributed by atoms with Crippen LogP contribution in [0.25, 0.3) is 27.4 Å². The molecule has 3 aliphatic rings. The molecule has 2 saturated heterocycles. The van der Waals surface area contributed by atoms with Gasteiger partial charge in [0.1, 0.15) is 11.1 Å².